The number of hydrogen-bond acceptors (Lipinski definition) is 1. The summed E-state index contributed by atoms with van der Waals surface area (Å²) in [6.07, 6.45) is 12.4. The van der Waals surface area contributed by atoms with Gasteiger partial charge in [0.2, 0.25) is 0 Å². The van der Waals surface area contributed by atoms with E-state index < -0.39 is 26.7 Å². The van der Waals surface area contributed by atoms with Crippen molar-refractivity contribution in [3.8, 4) is 0 Å². The molecule has 0 amide bonds. The van der Waals surface area contributed by atoms with E-state index in [4.69, 9.17) is 4.43 Å². The first-order chi connectivity index (χ1) is 12.9. The summed E-state index contributed by atoms with van der Waals surface area (Å²) in [5.41, 5.74) is 0.211. The summed E-state index contributed by atoms with van der Waals surface area (Å²) in [5.74, 6) is 0.713. The zero-order valence-electron chi connectivity index (χ0n) is 21.3. The molecule has 0 aromatic heterocycles. The minimum atomic E-state index is -2.25. The summed E-state index contributed by atoms with van der Waals surface area (Å²) in [4.78, 5) is 0. The Morgan fingerprint density at radius 3 is 1.61 bits per heavy atom. The first-order valence-electron chi connectivity index (χ1n) is 12.3. The van der Waals surface area contributed by atoms with Crippen molar-refractivity contribution < 1.29 is 4.43 Å². The summed E-state index contributed by atoms with van der Waals surface area (Å²) in [5, 5.41) is 0. The molecule has 0 aliphatic heterocycles. The van der Waals surface area contributed by atoms with E-state index in [2.05, 4.69) is 78.3 Å². The summed E-state index contributed by atoms with van der Waals surface area (Å²) in [6.45, 7) is 23.7. The van der Waals surface area contributed by atoms with Gasteiger partial charge in [-0.1, -0.05) is 0 Å². The summed E-state index contributed by atoms with van der Waals surface area (Å²) >= 11 is -2.25. The van der Waals surface area contributed by atoms with Crippen LogP contribution in [0.4, 0.5) is 0 Å². The molecule has 0 saturated heterocycles. The molecular formula is C25H54OSiSn. The van der Waals surface area contributed by atoms with Crippen molar-refractivity contribution in [2.75, 3.05) is 0 Å². The van der Waals surface area contributed by atoms with Crippen molar-refractivity contribution in [1.82, 2.24) is 0 Å². The van der Waals surface area contributed by atoms with Crippen LogP contribution in [0.1, 0.15) is 93.4 Å². The molecule has 1 atom stereocenters. The Kier molecular flexibility index (Phi) is 14.3. The van der Waals surface area contributed by atoms with Gasteiger partial charge in [-0.3, -0.25) is 0 Å². The van der Waals surface area contributed by atoms with Crippen LogP contribution in [0.3, 0.4) is 0 Å². The average Bonchev–Trinajstić information content (AvgIpc) is 2.57. The number of rotatable bonds is 16. The maximum atomic E-state index is 6.80. The molecule has 0 radical (unpaired) electrons. The van der Waals surface area contributed by atoms with Crippen LogP contribution < -0.4 is 0 Å². The first-order valence-corrected chi connectivity index (χ1v) is 23.4. The molecule has 28 heavy (non-hydrogen) atoms. The molecule has 0 saturated carbocycles. The van der Waals surface area contributed by atoms with Gasteiger partial charge in [-0.25, -0.2) is 0 Å². The molecule has 0 N–H and O–H groups in total. The fraction of sp³-hybridized carbons (Fsp3) is 0.920. The molecule has 0 aliphatic carbocycles. The van der Waals surface area contributed by atoms with Crippen LogP contribution in [0, 0.1) is 11.3 Å². The van der Waals surface area contributed by atoms with E-state index in [9.17, 15) is 0 Å². The molecule has 3 heteroatoms. The monoisotopic (exact) mass is 518 g/mol. The van der Waals surface area contributed by atoms with Gasteiger partial charge in [-0.2, -0.15) is 0 Å². The number of unbranched alkanes of at least 4 members (excludes halogenated alkanes) is 3. The van der Waals surface area contributed by atoms with Crippen LogP contribution in [0.2, 0.25) is 33.0 Å². The predicted molar refractivity (Wildman–Crippen MR) is 135 cm³/mol. The van der Waals surface area contributed by atoms with E-state index >= 15 is 0 Å². The van der Waals surface area contributed by atoms with Crippen LogP contribution in [0.25, 0.3) is 0 Å². The summed E-state index contributed by atoms with van der Waals surface area (Å²) in [6, 6.07) is 0. The maximum absolute atomic E-state index is 6.80. The van der Waals surface area contributed by atoms with Gasteiger partial charge in [0, 0.05) is 0 Å². The van der Waals surface area contributed by atoms with Gasteiger partial charge in [0.1, 0.15) is 0 Å². The average molecular weight is 518 g/mol. The molecular weight excluding hydrogens is 463 g/mol. The van der Waals surface area contributed by atoms with Gasteiger partial charge >= 0.3 is 185 Å². The predicted octanol–water partition coefficient (Wildman–Crippen LogP) is 9.22. The molecule has 1 nitrogen and oxygen atoms in total. The normalized spacial score (nSPS) is 15.0. The molecule has 0 spiro atoms. The van der Waals surface area contributed by atoms with Crippen LogP contribution >= 0.6 is 0 Å². The molecule has 168 valence electrons. The van der Waals surface area contributed by atoms with E-state index in [1.54, 1.807) is 13.3 Å². The molecule has 0 bridgehead atoms. The Labute approximate surface area is 184 Å². The molecule has 0 aliphatic rings. The van der Waals surface area contributed by atoms with Crippen LogP contribution in [0.5, 0.6) is 0 Å². The molecule has 0 rings (SSSR count). The summed E-state index contributed by atoms with van der Waals surface area (Å²) < 4.78 is 14.3. The van der Waals surface area contributed by atoms with Gasteiger partial charge in [0.25, 0.3) is 0 Å². The first kappa shape index (κ1) is 28.7. The molecule has 0 aromatic rings. The second-order valence-electron chi connectivity index (χ2n) is 11.3. The zero-order chi connectivity index (χ0) is 21.8. The Morgan fingerprint density at radius 2 is 1.29 bits per heavy atom. The zero-order valence-corrected chi connectivity index (χ0v) is 25.1. The third kappa shape index (κ3) is 12.4. The van der Waals surface area contributed by atoms with Crippen molar-refractivity contribution in [2.24, 2.45) is 11.3 Å². The Bertz CT molecular complexity index is 401. The van der Waals surface area contributed by atoms with E-state index in [-0.39, 0.29) is 11.5 Å². The third-order valence-corrected chi connectivity index (χ3v) is 21.0. The quantitative estimate of drug-likeness (QED) is 0.186. The Hall–Kier alpha value is 0.716. The fourth-order valence-electron chi connectivity index (χ4n) is 4.51. The Morgan fingerprint density at radius 1 is 0.857 bits per heavy atom. The standard InChI is InChI=1S/C13H27OSi.3C4H9.Sn/c1-9-12(14-15(6,7)8)13(4,5)10-11(2)3;3*1-3-4-2;/h1,9,11-12H,10H2,2-8H3;3*1,3-4H2,2H3;. The van der Waals surface area contributed by atoms with E-state index in [0.717, 1.165) is 0 Å². The molecule has 0 aromatic carbocycles. The van der Waals surface area contributed by atoms with E-state index in [1.807, 2.05) is 0 Å². The third-order valence-electron chi connectivity index (χ3n) is 5.89. The molecule has 1 unspecified atom stereocenters. The van der Waals surface area contributed by atoms with Crippen molar-refractivity contribution in [3.63, 3.8) is 0 Å². The summed E-state index contributed by atoms with van der Waals surface area (Å²) in [7, 11) is -1.58. The Balaban J connectivity index is 5.80. The molecule has 0 fully saturated rings. The van der Waals surface area contributed by atoms with Crippen LogP contribution in [-0.2, 0) is 4.43 Å². The second-order valence-corrected chi connectivity index (χ2v) is 28.7. The van der Waals surface area contributed by atoms with Crippen LogP contribution in [-0.4, -0.2) is 32.8 Å². The van der Waals surface area contributed by atoms with Crippen molar-refractivity contribution in [2.45, 2.75) is 132 Å². The van der Waals surface area contributed by atoms with Crippen molar-refractivity contribution >= 4 is 26.7 Å². The van der Waals surface area contributed by atoms with Gasteiger partial charge in [0.05, 0.1) is 0 Å². The van der Waals surface area contributed by atoms with Gasteiger partial charge in [-0.05, 0) is 0 Å². The van der Waals surface area contributed by atoms with Crippen molar-refractivity contribution in [1.29, 1.82) is 0 Å². The SMILES string of the molecule is CCC[CH2][Sn](/[CH]=C/C(O[Si](C)(C)C)C(C)(C)CC(C)C)([CH2]CCC)[CH2]CCC. The van der Waals surface area contributed by atoms with Crippen molar-refractivity contribution in [3.05, 3.63) is 10.2 Å². The minimum absolute atomic E-state index is 0.211. The van der Waals surface area contributed by atoms with E-state index in [1.165, 1.54) is 44.9 Å². The van der Waals surface area contributed by atoms with Gasteiger partial charge in [0.15, 0.2) is 0 Å². The van der Waals surface area contributed by atoms with Gasteiger partial charge < -0.3 is 0 Å². The van der Waals surface area contributed by atoms with E-state index in [0.29, 0.717) is 5.92 Å². The number of hydrogen-bond donors (Lipinski definition) is 0. The molecule has 0 heterocycles. The van der Waals surface area contributed by atoms with Gasteiger partial charge in [-0.15, -0.1) is 0 Å². The second kappa shape index (κ2) is 13.9. The fourth-order valence-corrected chi connectivity index (χ4v) is 20.0. The topological polar surface area (TPSA) is 9.23 Å². The van der Waals surface area contributed by atoms with Crippen LogP contribution in [0.15, 0.2) is 10.2 Å².